The molecule has 0 fully saturated rings. The van der Waals surface area contributed by atoms with Gasteiger partial charge in [0.2, 0.25) is 0 Å². The van der Waals surface area contributed by atoms with Crippen LogP contribution in [0.1, 0.15) is 11.1 Å². The fourth-order valence-electron chi connectivity index (χ4n) is 1.97. The number of hydrogen-bond donors (Lipinski definition) is 1. The van der Waals surface area contributed by atoms with Crippen molar-refractivity contribution < 1.29 is 13.2 Å². The van der Waals surface area contributed by atoms with E-state index >= 15 is 0 Å². The molecule has 0 spiro atoms. The molecule has 0 atom stereocenters. The van der Waals surface area contributed by atoms with E-state index in [0.717, 1.165) is 5.56 Å². The molecule has 0 heterocycles. The van der Waals surface area contributed by atoms with Crippen molar-refractivity contribution in [2.24, 2.45) is 5.73 Å². The van der Waals surface area contributed by atoms with Crippen LogP contribution in [0.25, 0.3) is 0 Å². The third-order valence-corrected chi connectivity index (χ3v) is 3.29. The number of nitrogens with zero attached hydrogens (tertiary/aromatic N) is 1. The van der Waals surface area contributed by atoms with Crippen molar-refractivity contribution in [1.29, 1.82) is 0 Å². The lowest BCUT2D eigenvalue weighted by molar-refractivity contribution is 0.506. The van der Waals surface area contributed by atoms with E-state index in [4.69, 9.17) is 5.73 Å². The zero-order valence-electron chi connectivity index (χ0n) is 11.2. The molecule has 0 aliphatic rings. The highest BCUT2D eigenvalue weighted by Gasteiger charge is 2.17. The van der Waals surface area contributed by atoms with Crippen LogP contribution in [0.2, 0.25) is 0 Å². The number of nitrogens with two attached hydrogens (primary N) is 1. The number of benzene rings is 2. The number of thiocarbonyl (C=S) groups is 1. The van der Waals surface area contributed by atoms with Gasteiger partial charge in [0.15, 0.2) is 11.6 Å². The summed E-state index contributed by atoms with van der Waals surface area (Å²) in [5.74, 6) is -2.42. The Labute approximate surface area is 126 Å². The first-order chi connectivity index (χ1) is 9.90. The van der Waals surface area contributed by atoms with Crippen molar-refractivity contribution in [1.82, 2.24) is 0 Å². The molecule has 21 heavy (non-hydrogen) atoms. The van der Waals surface area contributed by atoms with Crippen LogP contribution in [-0.2, 0) is 6.54 Å². The van der Waals surface area contributed by atoms with Gasteiger partial charge >= 0.3 is 0 Å². The van der Waals surface area contributed by atoms with E-state index in [-0.39, 0.29) is 22.1 Å². The highest BCUT2D eigenvalue weighted by atomic mass is 32.1. The van der Waals surface area contributed by atoms with Gasteiger partial charge in [-0.2, -0.15) is 0 Å². The molecule has 110 valence electrons. The second kappa shape index (κ2) is 6.13. The normalized spacial score (nSPS) is 10.5. The molecule has 0 unspecified atom stereocenters. The maximum Gasteiger partial charge on any atom is 0.182 e. The van der Waals surface area contributed by atoms with Crippen LogP contribution in [-0.4, -0.2) is 12.0 Å². The van der Waals surface area contributed by atoms with Gasteiger partial charge in [-0.15, -0.1) is 0 Å². The predicted molar refractivity (Wildman–Crippen MR) is 80.8 cm³/mol. The molecule has 2 nitrogen and oxygen atoms in total. The maximum absolute atomic E-state index is 14.0. The highest BCUT2D eigenvalue weighted by Crippen LogP contribution is 2.24. The lowest BCUT2D eigenvalue weighted by atomic mass is 10.1. The van der Waals surface area contributed by atoms with Crippen LogP contribution in [0.3, 0.4) is 0 Å². The van der Waals surface area contributed by atoms with Gasteiger partial charge in [0.1, 0.15) is 10.8 Å². The molecule has 2 rings (SSSR count). The molecular weight excluding hydrogens is 297 g/mol. The van der Waals surface area contributed by atoms with Gasteiger partial charge in [-0.25, -0.2) is 13.2 Å². The Bertz CT molecular complexity index is 671. The Hall–Kier alpha value is -2.08. The first-order valence-electron chi connectivity index (χ1n) is 6.13. The molecule has 2 N–H and O–H groups in total. The Morgan fingerprint density at radius 3 is 2.24 bits per heavy atom. The number of hydrogen-bond acceptors (Lipinski definition) is 2. The fraction of sp³-hybridized carbons (Fsp3) is 0.133. The average molecular weight is 310 g/mol. The molecular formula is C15H13F3N2S. The van der Waals surface area contributed by atoms with E-state index in [9.17, 15) is 13.2 Å². The van der Waals surface area contributed by atoms with Crippen LogP contribution in [0.5, 0.6) is 0 Å². The molecule has 0 aliphatic carbocycles. The number of rotatable bonds is 4. The minimum atomic E-state index is -1.06. The molecule has 2 aromatic carbocycles. The summed E-state index contributed by atoms with van der Waals surface area (Å²) in [7, 11) is 1.61. The molecule has 0 aliphatic heterocycles. The Balaban J connectivity index is 2.27. The lowest BCUT2D eigenvalue weighted by Crippen LogP contribution is -2.20. The summed E-state index contributed by atoms with van der Waals surface area (Å²) < 4.78 is 40.7. The molecule has 0 amide bonds. The van der Waals surface area contributed by atoms with Gasteiger partial charge in [-0.1, -0.05) is 24.4 Å². The Morgan fingerprint density at radius 1 is 1.05 bits per heavy atom. The van der Waals surface area contributed by atoms with Crippen molar-refractivity contribution in [2.75, 3.05) is 11.9 Å². The minimum absolute atomic E-state index is 0.0804. The van der Waals surface area contributed by atoms with Gasteiger partial charge in [0, 0.05) is 19.2 Å². The van der Waals surface area contributed by atoms with Crippen LogP contribution in [0.4, 0.5) is 18.9 Å². The largest absolute Gasteiger partial charge is 0.389 e. The monoisotopic (exact) mass is 310 g/mol. The Kier molecular flexibility index (Phi) is 4.47. The van der Waals surface area contributed by atoms with Crippen LogP contribution < -0.4 is 10.6 Å². The van der Waals surface area contributed by atoms with Crippen LogP contribution in [0.15, 0.2) is 36.4 Å². The molecule has 0 aromatic heterocycles. The van der Waals surface area contributed by atoms with E-state index in [1.54, 1.807) is 19.2 Å². The quantitative estimate of drug-likeness (QED) is 0.878. The van der Waals surface area contributed by atoms with Gasteiger partial charge in [0.05, 0.1) is 5.69 Å². The van der Waals surface area contributed by atoms with E-state index in [2.05, 4.69) is 12.2 Å². The third-order valence-electron chi connectivity index (χ3n) is 3.07. The predicted octanol–water partition coefficient (Wildman–Crippen LogP) is 3.37. The van der Waals surface area contributed by atoms with Gasteiger partial charge in [-0.3, -0.25) is 0 Å². The van der Waals surface area contributed by atoms with Gasteiger partial charge in [-0.05, 0) is 29.8 Å². The maximum atomic E-state index is 14.0. The van der Waals surface area contributed by atoms with E-state index in [1.807, 2.05) is 0 Å². The van der Waals surface area contributed by atoms with E-state index in [0.29, 0.717) is 6.54 Å². The summed E-state index contributed by atoms with van der Waals surface area (Å²) in [5.41, 5.74) is 6.05. The highest BCUT2D eigenvalue weighted by molar-refractivity contribution is 7.80. The summed E-state index contributed by atoms with van der Waals surface area (Å²) in [6.45, 7) is 0.309. The molecule has 2 aromatic rings. The van der Waals surface area contributed by atoms with Crippen molar-refractivity contribution >= 4 is 22.9 Å². The zero-order valence-corrected chi connectivity index (χ0v) is 12.1. The summed E-state index contributed by atoms with van der Waals surface area (Å²) in [4.78, 5) is 1.33. The van der Waals surface area contributed by atoms with Gasteiger partial charge < -0.3 is 10.6 Å². The Morgan fingerprint density at radius 2 is 1.67 bits per heavy atom. The van der Waals surface area contributed by atoms with Gasteiger partial charge in [0.25, 0.3) is 0 Å². The van der Waals surface area contributed by atoms with Crippen LogP contribution >= 0.6 is 12.2 Å². The minimum Gasteiger partial charge on any atom is -0.389 e. The summed E-state index contributed by atoms with van der Waals surface area (Å²) >= 11 is 4.66. The van der Waals surface area contributed by atoms with Crippen molar-refractivity contribution in [3.05, 3.63) is 65.0 Å². The van der Waals surface area contributed by atoms with E-state index < -0.39 is 11.6 Å². The molecule has 0 saturated heterocycles. The zero-order chi connectivity index (χ0) is 15.6. The smallest absolute Gasteiger partial charge is 0.182 e. The summed E-state index contributed by atoms with van der Waals surface area (Å²) in [6.07, 6.45) is 0. The average Bonchev–Trinajstić information content (AvgIpc) is 2.43. The van der Waals surface area contributed by atoms with Crippen molar-refractivity contribution in [3.8, 4) is 0 Å². The first-order valence-corrected chi connectivity index (χ1v) is 6.54. The van der Waals surface area contributed by atoms with Crippen molar-refractivity contribution in [3.63, 3.8) is 0 Å². The second-order valence-electron chi connectivity index (χ2n) is 4.61. The summed E-state index contributed by atoms with van der Waals surface area (Å²) in [6, 6.07) is 8.56. The molecule has 0 saturated carbocycles. The number of halogens is 3. The molecule has 0 radical (unpaired) electrons. The van der Waals surface area contributed by atoms with Crippen LogP contribution in [0, 0.1) is 17.5 Å². The summed E-state index contributed by atoms with van der Waals surface area (Å²) in [5, 5.41) is 0. The fourth-order valence-corrected chi connectivity index (χ4v) is 2.13. The lowest BCUT2D eigenvalue weighted by Gasteiger charge is -2.21. The van der Waals surface area contributed by atoms with Crippen molar-refractivity contribution in [2.45, 2.75) is 6.54 Å². The topological polar surface area (TPSA) is 29.3 Å². The number of anilines is 1. The van der Waals surface area contributed by atoms with E-state index in [1.165, 1.54) is 29.2 Å². The SMILES string of the molecule is CN(Cc1ccc(F)cc1)c1ccc(C(N)=S)c(F)c1F. The standard InChI is InChI=1S/C15H13F3N2S/c1-20(8-9-2-4-10(16)5-3-9)12-7-6-11(15(19)21)13(17)14(12)18/h2-7H,8H2,1H3,(H2,19,21). The third kappa shape index (κ3) is 3.33. The molecule has 0 bridgehead atoms. The first kappa shape index (κ1) is 15.3. The molecule has 6 heteroatoms. The second-order valence-corrected chi connectivity index (χ2v) is 5.05.